The van der Waals surface area contributed by atoms with E-state index in [0.29, 0.717) is 0 Å². The molecule has 1 aromatic carbocycles. The third-order valence-corrected chi connectivity index (χ3v) is 2.62. The summed E-state index contributed by atoms with van der Waals surface area (Å²) in [5.41, 5.74) is 10.1. The Morgan fingerprint density at radius 3 is 2.60 bits per heavy atom. The Morgan fingerprint density at radius 1 is 1.20 bits per heavy atom. The van der Waals surface area contributed by atoms with Gasteiger partial charge in [-0.2, -0.15) is 0 Å². The maximum Gasteiger partial charge on any atom is 0.0385 e. The smallest absolute Gasteiger partial charge is 0.0385 e. The fraction of sp³-hybridized carbons (Fsp3) is 0.231. The van der Waals surface area contributed by atoms with Crippen LogP contribution in [0.2, 0.25) is 0 Å². The van der Waals surface area contributed by atoms with Crippen molar-refractivity contribution in [1.29, 1.82) is 0 Å². The largest absolute Gasteiger partial charge is 0.399 e. The van der Waals surface area contributed by atoms with Crippen molar-refractivity contribution in [3.05, 3.63) is 47.7 Å². The van der Waals surface area contributed by atoms with E-state index < -0.39 is 0 Å². The van der Waals surface area contributed by atoms with Crippen LogP contribution in [0, 0.1) is 0 Å². The summed E-state index contributed by atoms with van der Waals surface area (Å²) in [5, 5.41) is 3.40. The number of allylic oxidation sites excluding steroid dienone is 3. The number of nitrogen functional groups attached to an aromatic ring is 1. The first-order valence-electron chi connectivity index (χ1n) is 5.24. The number of nitrogens with two attached hydrogens (primary N) is 1. The van der Waals surface area contributed by atoms with Crippen molar-refractivity contribution in [2.45, 2.75) is 19.8 Å². The second-order valence-corrected chi connectivity index (χ2v) is 3.88. The molecule has 0 spiro atoms. The molecule has 0 aromatic heterocycles. The van der Waals surface area contributed by atoms with E-state index in [1.165, 1.54) is 11.3 Å². The first-order chi connectivity index (χ1) is 7.25. The van der Waals surface area contributed by atoms with Crippen LogP contribution in [0.25, 0.3) is 0 Å². The van der Waals surface area contributed by atoms with Crippen molar-refractivity contribution in [3.63, 3.8) is 0 Å². The standard InChI is InChI=1S/C13H16N2/c1-10-4-2-3-5-13(10)15-12-8-6-11(14)7-9-12/h3,5-9,15H,2,4,14H2,1H3. The lowest BCUT2D eigenvalue weighted by Crippen LogP contribution is -2.02. The summed E-state index contributed by atoms with van der Waals surface area (Å²) in [6.07, 6.45) is 6.65. The van der Waals surface area contributed by atoms with E-state index >= 15 is 0 Å². The molecule has 0 aliphatic heterocycles. The fourth-order valence-electron chi connectivity index (χ4n) is 1.65. The Kier molecular flexibility index (Phi) is 2.77. The molecule has 1 aliphatic carbocycles. The van der Waals surface area contributed by atoms with Gasteiger partial charge in [-0.1, -0.05) is 6.08 Å². The molecule has 0 radical (unpaired) electrons. The maximum absolute atomic E-state index is 5.63. The van der Waals surface area contributed by atoms with Gasteiger partial charge < -0.3 is 11.1 Å². The van der Waals surface area contributed by atoms with Gasteiger partial charge in [0.05, 0.1) is 0 Å². The minimum Gasteiger partial charge on any atom is -0.399 e. The van der Waals surface area contributed by atoms with E-state index in [0.717, 1.165) is 24.2 Å². The zero-order valence-corrected chi connectivity index (χ0v) is 8.96. The molecule has 2 heteroatoms. The highest BCUT2D eigenvalue weighted by Crippen LogP contribution is 2.21. The van der Waals surface area contributed by atoms with Gasteiger partial charge in [-0.05, 0) is 55.7 Å². The molecule has 0 amide bonds. The molecule has 1 aliphatic rings. The molecule has 0 bridgehead atoms. The van der Waals surface area contributed by atoms with E-state index in [2.05, 4.69) is 24.4 Å². The first kappa shape index (κ1) is 9.84. The molecule has 78 valence electrons. The van der Waals surface area contributed by atoms with Crippen molar-refractivity contribution >= 4 is 11.4 Å². The SMILES string of the molecule is CC1=C(Nc2ccc(N)cc2)C=CCC1. The molecule has 15 heavy (non-hydrogen) atoms. The number of benzene rings is 1. The highest BCUT2D eigenvalue weighted by molar-refractivity contribution is 5.56. The van der Waals surface area contributed by atoms with Crippen molar-refractivity contribution in [2.24, 2.45) is 0 Å². The lowest BCUT2D eigenvalue weighted by atomic mass is 10.0. The van der Waals surface area contributed by atoms with Crippen LogP contribution in [-0.2, 0) is 0 Å². The average Bonchev–Trinajstić information content (AvgIpc) is 2.25. The van der Waals surface area contributed by atoms with E-state index in [4.69, 9.17) is 5.73 Å². The predicted octanol–water partition coefficient (Wildman–Crippen LogP) is 3.30. The van der Waals surface area contributed by atoms with Crippen LogP contribution in [-0.4, -0.2) is 0 Å². The number of hydrogen-bond acceptors (Lipinski definition) is 2. The quantitative estimate of drug-likeness (QED) is 0.719. The topological polar surface area (TPSA) is 38.0 Å². The van der Waals surface area contributed by atoms with Crippen molar-refractivity contribution in [2.75, 3.05) is 11.1 Å². The zero-order chi connectivity index (χ0) is 10.7. The van der Waals surface area contributed by atoms with Crippen LogP contribution in [0.4, 0.5) is 11.4 Å². The zero-order valence-electron chi connectivity index (χ0n) is 8.96. The van der Waals surface area contributed by atoms with E-state index in [1.807, 2.05) is 24.3 Å². The molecule has 0 fully saturated rings. The molecular formula is C13H16N2. The monoisotopic (exact) mass is 200 g/mol. The summed E-state index contributed by atoms with van der Waals surface area (Å²) < 4.78 is 0. The van der Waals surface area contributed by atoms with Crippen molar-refractivity contribution < 1.29 is 0 Å². The van der Waals surface area contributed by atoms with Gasteiger partial charge in [0, 0.05) is 17.1 Å². The third-order valence-electron chi connectivity index (χ3n) is 2.62. The Labute approximate surface area is 90.5 Å². The molecule has 0 unspecified atom stereocenters. The molecular weight excluding hydrogens is 184 g/mol. The summed E-state index contributed by atoms with van der Waals surface area (Å²) in [7, 11) is 0. The van der Waals surface area contributed by atoms with E-state index in [-0.39, 0.29) is 0 Å². The maximum atomic E-state index is 5.63. The van der Waals surface area contributed by atoms with Crippen LogP contribution in [0.5, 0.6) is 0 Å². The summed E-state index contributed by atoms with van der Waals surface area (Å²) in [6, 6.07) is 7.81. The number of hydrogen-bond donors (Lipinski definition) is 2. The van der Waals surface area contributed by atoms with Gasteiger partial charge in [0.1, 0.15) is 0 Å². The van der Waals surface area contributed by atoms with Gasteiger partial charge in [-0.25, -0.2) is 0 Å². The Morgan fingerprint density at radius 2 is 1.93 bits per heavy atom. The number of anilines is 2. The van der Waals surface area contributed by atoms with Crippen LogP contribution in [0.1, 0.15) is 19.8 Å². The molecule has 0 saturated heterocycles. The second-order valence-electron chi connectivity index (χ2n) is 3.88. The third kappa shape index (κ3) is 2.40. The lowest BCUT2D eigenvalue weighted by molar-refractivity contribution is 0.941. The van der Waals surface area contributed by atoms with E-state index in [1.54, 1.807) is 0 Å². The summed E-state index contributed by atoms with van der Waals surface area (Å²) in [4.78, 5) is 0. The van der Waals surface area contributed by atoms with Gasteiger partial charge >= 0.3 is 0 Å². The Balaban J connectivity index is 2.15. The summed E-state index contributed by atoms with van der Waals surface area (Å²) >= 11 is 0. The summed E-state index contributed by atoms with van der Waals surface area (Å²) in [6.45, 7) is 2.17. The van der Waals surface area contributed by atoms with Gasteiger partial charge in [-0.3, -0.25) is 0 Å². The molecule has 0 atom stereocenters. The Bertz CT molecular complexity index is 399. The minimum absolute atomic E-state index is 0.797. The molecule has 1 aromatic rings. The average molecular weight is 200 g/mol. The van der Waals surface area contributed by atoms with Crippen LogP contribution >= 0.6 is 0 Å². The van der Waals surface area contributed by atoms with Crippen LogP contribution < -0.4 is 11.1 Å². The highest BCUT2D eigenvalue weighted by atomic mass is 14.9. The Hall–Kier alpha value is -1.70. The van der Waals surface area contributed by atoms with Crippen LogP contribution in [0.15, 0.2) is 47.7 Å². The van der Waals surface area contributed by atoms with E-state index in [9.17, 15) is 0 Å². The first-order valence-corrected chi connectivity index (χ1v) is 5.24. The van der Waals surface area contributed by atoms with Crippen molar-refractivity contribution in [1.82, 2.24) is 0 Å². The highest BCUT2D eigenvalue weighted by Gasteiger charge is 2.03. The van der Waals surface area contributed by atoms with Gasteiger partial charge in [-0.15, -0.1) is 0 Å². The molecule has 0 heterocycles. The number of nitrogens with one attached hydrogen (secondary N) is 1. The summed E-state index contributed by atoms with van der Waals surface area (Å²) in [5.74, 6) is 0. The number of rotatable bonds is 2. The van der Waals surface area contributed by atoms with Gasteiger partial charge in [0.2, 0.25) is 0 Å². The molecule has 3 N–H and O–H groups in total. The van der Waals surface area contributed by atoms with Crippen LogP contribution in [0.3, 0.4) is 0 Å². The normalized spacial score (nSPS) is 15.5. The minimum atomic E-state index is 0.797. The predicted molar refractivity (Wildman–Crippen MR) is 65.6 cm³/mol. The molecule has 0 saturated carbocycles. The fourth-order valence-corrected chi connectivity index (χ4v) is 1.65. The van der Waals surface area contributed by atoms with Crippen molar-refractivity contribution in [3.8, 4) is 0 Å². The molecule has 2 rings (SSSR count). The van der Waals surface area contributed by atoms with Gasteiger partial charge in [0.25, 0.3) is 0 Å². The van der Waals surface area contributed by atoms with Gasteiger partial charge in [0.15, 0.2) is 0 Å². The molecule has 2 nitrogen and oxygen atoms in total. The lowest BCUT2D eigenvalue weighted by Gasteiger charge is -2.14. The second kappa shape index (κ2) is 4.22.